The van der Waals surface area contributed by atoms with Crippen LogP contribution >= 0.6 is 23.4 Å². The monoisotopic (exact) mass is 619 g/mol. The minimum atomic E-state index is -0.126. The molecular weight excluding hydrogens is 586 g/mol. The van der Waals surface area contributed by atoms with Gasteiger partial charge in [0.2, 0.25) is 5.91 Å². The standard InChI is InChI=1S/C32H34ClN5O4S/c1-22-21-36(17-18-37(22)31(40)26-16-15-24(41-2)20-28(26)42-3)29(39)14-9-19-43-32-35-34-30(25-12-7-8-13-27(25)33)38(32)23-10-5-4-6-11-23/h4-8,10-13,15-16,20,22H,9,14,17-19,21H2,1-3H3. The fourth-order valence-electron chi connectivity index (χ4n) is 5.15. The molecule has 0 N–H and O–H groups in total. The van der Waals surface area contributed by atoms with Crippen LogP contribution < -0.4 is 9.47 Å². The average molecular weight is 620 g/mol. The van der Waals surface area contributed by atoms with Crippen LogP contribution in [0.4, 0.5) is 0 Å². The normalized spacial score (nSPS) is 14.9. The summed E-state index contributed by atoms with van der Waals surface area (Å²) in [4.78, 5) is 30.1. The molecule has 4 aromatic rings. The second kappa shape index (κ2) is 14.0. The van der Waals surface area contributed by atoms with E-state index in [2.05, 4.69) is 10.2 Å². The molecule has 43 heavy (non-hydrogen) atoms. The van der Waals surface area contributed by atoms with Gasteiger partial charge >= 0.3 is 0 Å². The van der Waals surface area contributed by atoms with Gasteiger partial charge in [-0.1, -0.05) is 53.7 Å². The molecule has 1 unspecified atom stereocenters. The molecular formula is C32H34ClN5O4S. The Kier molecular flexibility index (Phi) is 9.89. The van der Waals surface area contributed by atoms with E-state index in [0.717, 1.165) is 16.4 Å². The molecule has 1 aliphatic rings. The lowest BCUT2D eigenvalue weighted by atomic mass is 10.1. The highest BCUT2D eigenvalue weighted by atomic mass is 35.5. The van der Waals surface area contributed by atoms with Crippen LogP contribution in [0.2, 0.25) is 5.02 Å². The van der Waals surface area contributed by atoms with E-state index in [-0.39, 0.29) is 17.9 Å². The molecule has 3 aromatic carbocycles. The van der Waals surface area contributed by atoms with E-state index < -0.39 is 0 Å². The van der Waals surface area contributed by atoms with Crippen LogP contribution in [0, 0.1) is 0 Å². The van der Waals surface area contributed by atoms with Crippen LogP contribution in [0.5, 0.6) is 11.5 Å². The molecule has 0 radical (unpaired) electrons. The number of piperazine rings is 1. The van der Waals surface area contributed by atoms with Gasteiger partial charge in [-0.3, -0.25) is 14.2 Å². The first-order valence-corrected chi connectivity index (χ1v) is 15.5. The summed E-state index contributed by atoms with van der Waals surface area (Å²) >= 11 is 8.06. The van der Waals surface area contributed by atoms with E-state index in [1.165, 1.54) is 7.11 Å². The molecule has 1 aliphatic heterocycles. The highest BCUT2D eigenvalue weighted by Gasteiger charge is 2.31. The van der Waals surface area contributed by atoms with Crippen LogP contribution in [0.15, 0.2) is 78.0 Å². The van der Waals surface area contributed by atoms with Crippen molar-refractivity contribution in [1.29, 1.82) is 0 Å². The molecule has 0 saturated carbocycles. The molecule has 1 aromatic heterocycles. The van der Waals surface area contributed by atoms with Crippen LogP contribution in [0.3, 0.4) is 0 Å². The van der Waals surface area contributed by atoms with Gasteiger partial charge in [-0.05, 0) is 49.7 Å². The van der Waals surface area contributed by atoms with Gasteiger partial charge in [-0.15, -0.1) is 10.2 Å². The number of hydrogen-bond acceptors (Lipinski definition) is 7. The predicted molar refractivity (Wildman–Crippen MR) is 168 cm³/mol. The molecule has 2 heterocycles. The number of para-hydroxylation sites is 1. The maximum atomic E-state index is 13.3. The van der Waals surface area contributed by atoms with Crippen molar-refractivity contribution >= 4 is 35.2 Å². The minimum Gasteiger partial charge on any atom is -0.497 e. The minimum absolute atomic E-state index is 0.0860. The third kappa shape index (κ3) is 6.81. The molecule has 0 aliphatic carbocycles. The van der Waals surface area contributed by atoms with E-state index in [9.17, 15) is 9.59 Å². The topological polar surface area (TPSA) is 89.8 Å². The van der Waals surface area contributed by atoms with Gasteiger partial charge < -0.3 is 19.3 Å². The van der Waals surface area contributed by atoms with Crippen molar-refractivity contribution < 1.29 is 19.1 Å². The zero-order valence-electron chi connectivity index (χ0n) is 24.4. The van der Waals surface area contributed by atoms with E-state index in [4.69, 9.17) is 21.1 Å². The quantitative estimate of drug-likeness (QED) is 0.162. The summed E-state index contributed by atoms with van der Waals surface area (Å²) in [5, 5.41) is 10.3. The van der Waals surface area contributed by atoms with Crippen LogP contribution in [-0.2, 0) is 4.79 Å². The van der Waals surface area contributed by atoms with E-state index in [1.807, 2.05) is 71.0 Å². The van der Waals surface area contributed by atoms with Gasteiger partial charge in [0.05, 0.1) is 24.8 Å². The average Bonchev–Trinajstić information content (AvgIpc) is 3.46. The van der Waals surface area contributed by atoms with E-state index in [1.54, 1.807) is 42.0 Å². The van der Waals surface area contributed by atoms with Crippen LogP contribution in [-0.4, -0.2) is 82.0 Å². The summed E-state index contributed by atoms with van der Waals surface area (Å²) in [6.07, 6.45) is 1.10. The summed E-state index contributed by atoms with van der Waals surface area (Å²) in [5.74, 6) is 2.43. The maximum absolute atomic E-state index is 13.3. The van der Waals surface area contributed by atoms with Crippen molar-refractivity contribution in [3.8, 4) is 28.6 Å². The number of hydrogen-bond donors (Lipinski definition) is 0. The number of thioether (sulfide) groups is 1. The van der Waals surface area contributed by atoms with Gasteiger partial charge in [-0.25, -0.2) is 0 Å². The number of rotatable bonds is 10. The second-order valence-corrected chi connectivity index (χ2v) is 11.6. The lowest BCUT2D eigenvalue weighted by Crippen LogP contribution is -2.55. The fraction of sp³-hybridized carbons (Fsp3) is 0.312. The summed E-state index contributed by atoms with van der Waals surface area (Å²) < 4.78 is 12.7. The first-order chi connectivity index (χ1) is 20.9. The zero-order valence-corrected chi connectivity index (χ0v) is 26.0. The number of halogens is 1. The summed E-state index contributed by atoms with van der Waals surface area (Å²) in [7, 11) is 3.11. The second-order valence-electron chi connectivity index (χ2n) is 10.2. The Morgan fingerprint density at radius 3 is 2.47 bits per heavy atom. The van der Waals surface area contributed by atoms with Crippen LogP contribution in [0.1, 0.15) is 30.1 Å². The van der Waals surface area contributed by atoms with Gasteiger partial charge in [0, 0.05) is 55.2 Å². The Bertz CT molecular complexity index is 1580. The first-order valence-electron chi connectivity index (χ1n) is 14.1. The Hall–Kier alpha value is -4.02. The van der Waals surface area contributed by atoms with Crippen molar-refractivity contribution in [2.24, 2.45) is 0 Å². The van der Waals surface area contributed by atoms with E-state index >= 15 is 0 Å². The number of methoxy groups -OCH3 is 2. The van der Waals surface area contributed by atoms with Crippen molar-refractivity contribution in [1.82, 2.24) is 24.6 Å². The van der Waals surface area contributed by atoms with Gasteiger partial charge in [0.25, 0.3) is 5.91 Å². The molecule has 2 amide bonds. The van der Waals surface area contributed by atoms with Crippen molar-refractivity contribution in [3.63, 3.8) is 0 Å². The van der Waals surface area contributed by atoms with Crippen molar-refractivity contribution in [2.45, 2.75) is 31.0 Å². The molecule has 5 rings (SSSR count). The number of carbonyl (C=O) groups is 2. The smallest absolute Gasteiger partial charge is 0.257 e. The molecule has 0 bridgehead atoms. The van der Waals surface area contributed by atoms with Gasteiger partial charge in [0.15, 0.2) is 11.0 Å². The Balaban J connectivity index is 1.18. The first kappa shape index (κ1) is 30.4. The Morgan fingerprint density at radius 2 is 1.74 bits per heavy atom. The summed E-state index contributed by atoms with van der Waals surface area (Å²) in [6, 6.07) is 22.6. The molecule has 11 heteroatoms. The number of benzene rings is 3. The Labute approximate surface area is 260 Å². The lowest BCUT2D eigenvalue weighted by Gasteiger charge is -2.40. The predicted octanol–water partition coefficient (Wildman–Crippen LogP) is 5.85. The van der Waals surface area contributed by atoms with Gasteiger partial charge in [-0.2, -0.15) is 0 Å². The fourth-order valence-corrected chi connectivity index (χ4v) is 6.26. The van der Waals surface area contributed by atoms with E-state index in [0.29, 0.717) is 66.1 Å². The highest BCUT2D eigenvalue weighted by Crippen LogP contribution is 2.32. The lowest BCUT2D eigenvalue weighted by molar-refractivity contribution is -0.133. The molecule has 224 valence electrons. The molecule has 9 nitrogen and oxygen atoms in total. The maximum Gasteiger partial charge on any atom is 0.257 e. The number of amides is 2. The third-order valence-electron chi connectivity index (χ3n) is 7.41. The largest absolute Gasteiger partial charge is 0.497 e. The summed E-state index contributed by atoms with van der Waals surface area (Å²) in [5.41, 5.74) is 2.22. The third-order valence-corrected chi connectivity index (χ3v) is 8.75. The molecule has 1 saturated heterocycles. The van der Waals surface area contributed by atoms with Crippen molar-refractivity contribution in [3.05, 3.63) is 83.4 Å². The number of ether oxygens (including phenoxy) is 2. The number of carbonyl (C=O) groups excluding carboxylic acids is 2. The highest BCUT2D eigenvalue weighted by molar-refractivity contribution is 7.99. The molecule has 1 atom stereocenters. The Morgan fingerprint density at radius 1 is 0.977 bits per heavy atom. The molecule has 0 spiro atoms. The molecule has 1 fully saturated rings. The van der Waals surface area contributed by atoms with Gasteiger partial charge in [0.1, 0.15) is 11.5 Å². The van der Waals surface area contributed by atoms with Crippen molar-refractivity contribution in [2.75, 3.05) is 39.6 Å². The number of aromatic nitrogens is 3. The zero-order chi connectivity index (χ0) is 30.3. The number of nitrogens with zero attached hydrogens (tertiary/aromatic N) is 5. The van der Waals surface area contributed by atoms with Crippen LogP contribution in [0.25, 0.3) is 17.1 Å². The summed E-state index contributed by atoms with van der Waals surface area (Å²) in [6.45, 7) is 3.40. The SMILES string of the molecule is COc1ccc(C(=O)N2CCN(C(=O)CCCSc3nnc(-c4ccccc4Cl)n3-c3ccccc3)CC2C)c(OC)c1.